The maximum Gasteiger partial charge on any atom is 0.326 e. The highest BCUT2D eigenvalue weighted by Gasteiger charge is 2.59. The molecule has 0 aromatic heterocycles. The molecule has 40 heavy (non-hydrogen) atoms. The van der Waals surface area contributed by atoms with E-state index >= 15 is 0 Å². The summed E-state index contributed by atoms with van der Waals surface area (Å²) < 4.78 is 5.65. The van der Waals surface area contributed by atoms with Gasteiger partial charge in [-0.15, -0.1) is 0 Å². The number of halogens is 2. The predicted octanol–water partition coefficient (Wildman–Crippen LogP) is 6.14. The minimum atomic E-state index is -1.18. The molecular weight excluding hydrogens is 555 g/mol. The Bertz CT molecular complexity index is 1280. The fourth-order valence-electron chi connectivity index (χ4n) is 5.06. The molecule has 0 bridgehead atoms. The van der Waals surface area contributed by atoms with Gasteiger partial charge in [-0.05, 0) is 75.8 Å². The average Bonchev–Trinajstić information content (AvgIpc) is 3.08. The molecule has 216 valence electrons. The highest BCUT2D eigenvalue weighted by molar-refractivity contribution is 6.40. The molecule has 0 radical (unpaired) electrons. The summed E-state index contributed by atoms with van der Waals surface area (Å²) in [6.45, 7) is 10.9. The smallest absolute Gasteiger partial charge is 0.326 e. The van der Waals surface area contributed by atoms with E-state index in [2.05, 4.69) is 10.6 Å². The number of aliphatic carboxylic acids is 1. The lowest BCUT2D eigenvalue weighted by Gasteiger charge is -2.40. The number of rotatable bonds is 8. The minimum absolute atomic E-state index is 0.0299. The van der Waals surface area contributed by atoms with E-state index < -0.39 is 46.2 Å². The zero-order valence-corrected chi connectivity index (χ0v) is 25.1. The molecule has 3 atom stereocenters. The number of hydrogen-bond acceptors (Lipinski definition) is 5. The van der Waals surface area contributed by atoms with Gasteiger partial charge in [0.05, 0.1) is 21.0 Å². The Morgan fingerprint density at radius 1 is 1.02 bits per heavy atom. The van der Waals surface area contributed by atoms with Gasteiger partial charge in [0.1, 0.15) is 11.6 Å². The van der Waals surface area contributed by atoms with E-state index in [1.165, 1.54) is 0 Å². The van der Waals surface area contributed by atoms with Crippen LogP contribution in [0.4, 0.5) is 5.69 Å². The number of benzene rings is 2. The topological polar surface area (TPSA) is 122 Å². The third-order valence-electron chi connectivity index (χ3n) is 7.85. The van der Waals surface area contributed by atoms with Crippen molar-refractivity contribution in [2.24, 2.45) is 16.7 Å². The van der Waals surface area contributed by atoms with Crippen molar-refractivity contribution in [2.75, 3.05) is 5.32 Å². The molecular formula is C30H36Cl2N2O6. The van der Waals surface area contributed by atoms with Crippen LogP contribution in [-0.2, 0) is 25.5 Å². The predicted molar refractivity (Wildman–Crippen MR) is 155 cm³/mol. The Kier molecular flexibility index (Phi) is 9.26. The van der Waals surface area contributed by atoms with Gasteiger partial charge in [0.2, 0.25) is 5.91 Å². The molecule has 8 nitrogen and oxygen atoms in total. The lowest BCUT2D eigenvalue weighted by atomic mass is 9.65. The van der Waals surface area contributed by atoms with Crippen molar-refractivity contribution in [3.05, 3.63) is 63.6 Å². The number of carboxylic acid groups (broad SMARTS) is 1. The number of carbonyl (C=O) groups excluding carboxylic acids is 3. The first-order valence-electron chi connectivity index (χ1n) is 13.1. The van der Waals surface area contributed by atoms with E-state index in [9.17, 15) is 24.3 Å². The van der Waals surface area contributed by atoms with Gasteiger partial charge >= 0.3 is 11.9 Å². The van der Waals surface area contributed by atoms with Gasteiger partial charge in [0.25, 0.3) is 5.91 Å². The monoisotopic (exact) mass is 590 g/mol. The summed E-state index contributed by atoms with van der Waals surface area (Å²) in [5.74, 6) is -2.99. The summed E-state index contributed by atoms with van der Waals surface area (Å²) in [5.41, 5.74) is -1.05. The fourth-order valence-corrected chi connectivity index (χ4v) is 5.62. The number of nitrogens with one attached hydrogen (secondary N) is 2. The Balaban J connectivity index is 1.68. The SMILES string of the molecule is CC(C)(C)OC(=O)[C@]1(C)CC[C@H](C(=O)NC(Cc2ccc(NC(=O)c3c(Cl)cccc3Cl)cc2)C(=O)O)C1(C)C. The summed E-state index contributed by atoms with van der Waals surface area (Å²) in [7, 11) is 0. The second-order valence-electron chi connectivity index (χ2n) is 12.0. The molecule has 1 aliphatic rings. The number of carbonyl (C=O) groups is 4. The molecule has 1 aliphatic carbocycles. The van der Waals surface area contributed by atoms with Gasteiger partial charge in [-0.2, -0.15) is 0 Å². The lowest BCUT2D eigenvalue weighted by Crippen LogP contribution is -2.50. The summed E-state index contributed by atoms with van der Waals surface area (Å²) >= 11 is 12.2. The first-order chi connectivity index (χ1) is 18.5. The van der Waals surface area contributed by atoms with Crippen LogP contribution in [0.1, 0.15) is 70.3 Å². The number of hydrogen-bond donors (Lipinski definition) is 3. The van der Waals surface area contributed by atoms with Crippen molar-refractivity contribution in [2.45, 2.75) is 72.4 Å². The average molecular weight is 592 g/mol. The summed E-state index contributed by atoms with van der Waals surface area (Å²) in [4.78, 5) is 51.1. The summed E-state index contributed by atoms with van der Waals surface area (Å²) in [5, 5.41) is 15.7. The third kappa shape index (κ3) is 6.78. The standard InChI is InChI=1S/C30H36Cl2N2O6/c1-28(2,3)40-27(39)30(6)15-14-19(29(30,4)5)24(35)34-22(26(37)38)16-17-10-12-18(13-11-17)33-25(36)23-20(31)8-7-9-21(23)32/h7-13,19,22H,14-16H2,1-6H3,(H,33,36)(H,34,35)(H,37,38)/t19-,22?,30+/m1/s1. The summed E-state index contributed by atoms with van der Waals surface area (Å²) in [6.07, 6.45) is 0.921. The molecule has 0 spiro atoms. The number of amides is 2. The van der Waals surface area contributed by atoms with Crippen LogP contribution < -0.4 is 10.6 Å². The second-order valence-corrected chi connectivity index (χ2v) is 12.8. The number of esters is 1. The van der Waals surface area contributed by atoms with Crippen molar-refractivity contribution in [1.29, 1.82) is 0 Å². The van der Waals surface area contributed by atoms with Gasteiger partial charge in [0.15, 0.2) is 0 Å². The molecule has 1 fully saturated rings. The van der Waals surface area contributed by atoms with Gasteiger partial charge in [-0.3, -0.25) is 14.4 Å². The second kappa shape index (κ2) is 11.8. The van der Waals surface area contributed by atoms with Crippen LogP contribution in [0, 0.1) is 16.7 Å². The van der Waals surface area contributed by atoms with Crippen molar-refractivity contribution < 1.29 is 29.0 Å². The van der Waals surface area contributed by atoms with Crippen molar-refractivity contribution >= 4 is 52.6 Å². The first kappa shape index (κ1) is 31.4. The molecule has 0 heterocycles. The van der Waals surface area contributed by atoms with Crippen LogP contribution in [-0.4, -0.2) is 40.5 Å². The molecule has 1 unspecified atom stereocenters. The Labute approximate surface area is 244 Å². The van der Waals surface area contributed by atoms with E-state index in [0.29, 0.717) is 24.1 Å². The van der Waals surface area contributed by atoms with Crippen LogP contribution >= 0.6 is 23.2 Å². The maximum absolute atomic E-state index is 13.3. The normalized spacial score (nSPS) is 20.9. The Morgan fingerprint density at radius 3 is 2.12 bits per heavy atom. The van der Waals surface area contributed by atoms with Crippen LogP contribution in [0.25, 0.3) is 0 Å². The first-order valence-corrected chi connectivity index (χ1v) is 13.8. The van der Waals surface area contributed by atoms with Crippen molar-refractivity contribution in [1.82, 2.24) is 5.32 Å². The quantitative estimate of drug-likeness (QED) is 0.317. The molecule has 0 saturated heterocycles. The van der Waals surface area contributed by atoms with Crippen molar-refractivity contribution in [3.63, 3.8) is 0 Å². The van der Waals surface area contributed by atoms with Crippen LogP contribution in [0.2, 0.25) is 10.0 Å². The van der Waals surface area contributed by atoms with E-state index in [0.717, 1.165) is 0 Å². The molecule has 10 heteroatoms. The molecule has 2 aromatic rings. The third-order valence-corrected chi connectivity index (χ3v) is 8.48. The zero-order valence-electron chi connectivity index (χ0n) is 23.6. The Hall–Kier alpha value is -3.10. The molecule has 3 N–H and O–H groups in total. The lowest BCUT2D eigenvalue weighted by molar-refractivity contribution is -0.173. The van der Waals surface area contributed by atoms with Crippen LogP contribution in [0.15, 0.2) is 42.5 Å². The highest BCUT2D eigenvalue weighted by atomic mass is 35.5. The Morgan fingerprint density at radius 2 is 1.60 bits per heavy atom. The molecule has 2 amide bonds. The van der Waals surface area contributed by atoms with E-state index in [4.69, 9.17) is 27.9 Å². The van der Waals surface area contributed by atoms with Gasteiger partial charge in [-0.25, -0.2) is 4.79 Å². The molecule has 3 rings (SSSR count). The molecule has 0 aliphatic heterocycles. The van der Waals surface area contributed by atoms with E-state index in [1.807, 2.05) is 20.8 Å². The van der Waals surface area contributed by atoms with Crippen molar-refractivity contribution in [3.8, 4) is 0 Å². The van der Waals surface area contributed by atoms with Gasteiger partial charge in [-0.1, -0.05) is 55.2 Å². The largest absolute Gasteiger partial charge is 0.480 e. The van der Waals surface area contributed by atoms with Gasteiger partial charge in [0, 0.05) is 18.0 Å². The molecule has 1 saturated carbocycles. The summed E-state index contributed by atoms with van der Waals surface area (Å²) in [6, 6.07) is 10.2. The minimum Gasteiger partial charge on any atom is -0.480 e. The van der Waals surface area contributed by atoms with E-state index in [-0.39, 0.29) is 28.0 Å². The number of carboxylic acids is 1. The maximum atomic E-state index is 13.3. The van der Waals surface area contributed by atoms with Gasteiger partial charge < -0.3 is 20.5 Å². The van der Waals surface area contributed by atoms with Crippen LogP contribution in [0.5, 0.6) is 0 Å². The van der Waals surface area contributed by atoms with Crippen LogP contribution in [0.3, 0.4) is 0 Å². The zero-order chi connectivity index (χ0) is 30.0. The number of ether oxygens (including phenoxy) is 1. The van der Waals surface area contributed by atoms with E-state index in [1.54, 1.807) is 63.2 Å². The fraction of sp³-hybridized carbons (Fsp3) is 0.467. The number of anilines is 1. The molecule has 2 aromatic carbocycles. The highest BCUT2D eigenvalue weighted by Crippen LogP contribution is 2.57.